The monoisotopic (exact) mass is 306 g/mol. The number of nitrogens with one attached hydrogen (secondary N) is 1. The van der Waals surface area contributed by atoms with Gasteiger partial charge in [-0.05, 0) is 23.8 Å². The highest BCUT2D eigenvalue weighted by atomic mass is 35.5. The number of nitrogens with zero attached hydrogens (tertiary/aromatic N) is 3. The first-order valence-corrected chi connectivity index (χ1v) is 7.05. The van der Waals surface area contributed by atoms with Gasteiger partial charge in [-0.25, -0.2) is 0 Å². The smallest absolute Gasteiger partial charge is 0.270 e. The molecule has 0 aliphatic carbocycles. The van der Waals surface area contributed by atoms with Gasteiger partial charge in [-0.15, -0.1) is 0 Å². The summed E-state index contributed by atoms with van der Waals surface area (Å²) in [6.45, 7) is 0.503. The van der Waals surface area contributed by atoms with E-state index in [1.807, 2.05) is 18.2 Å². The lowest BCUT2D eigenvalue weighted by atomic mass is 10.2. The maximum absolute atomic E-state index is 12.2. The van der Waals surface area contributed by atoms with Crippen molar-refractivity contribution in [2.45, 2.75) is 6.54 Å². The zero-order valence-electron chi connectivity index (χ0n) is 10.6. The molecular weight excluding hydrogens is 296 g/mol. The second-order valence-corrected chi connectivity index (χ2v) is 5.44. The Labute approximate surface area is 124 Å². The number of rotatable bonds is 3. The molecule has 0 aliphatic rings. The van der Waals surface area contributed by atoms with Crippen LogP contribution in [-0.4, -0.2) is 31.6 Å². The number of carbonyl (C=O) groups excluding carboxylic acids is 1. The van der Waals surface area contributed by atoms with Crippen LogP contribution in [0.2, 0.25) is 5.02 Å². The number of aromatic nitrogens is 3. The fourth-order valence-electron chi connectivity index (χ4n) is 1.97. The van der Waals surface area contributed by atoms with Gasteiger partial charge in [-0.2, -0.15) is 8.75 Å². The average Bonchev–Trinajstić information content (AvgIpc) is 3.05. The van der Waals surface area contributed by atoms with Gasteiger partial charge in [0, 0.05) is 19.8 Å². The van der Waals surface area contributed by atoms with Gasteiger partial charge in [-0.1, -0.05) is 17.7 Å². The van der Waals surface area contributed by atoms with Crippen LogP contribution in [0.3, 0.4) is 0 Å². The zero-order chi connectivity index (χ0) is 14.1. The van der Waals surface area contributed by atoms with Gasteiger partial charge in [0.05, 0.1) is 16.8 Å². The van der Waals surface area contributed by atoms with Gasteiger partial charge in [-0.3, -0.25) is 4.79 Å². The van der Waals surface area contributed by atoms with Crippen molar-refractivity contribution in [1.82, 2.24) is 18.6 Å². The minimum Gasteiger partial charge on any atom is -0.356 e. The summed E-state index contributed by atoms with van der Waals surface area (Å²) in [5, 5.41) is 0.525. The number of H-pyrrole nitrogens is 1. The van der Waals surface area contributed by atoms with Crippen molar-refractivity contribution in [3.63, 3.8) is 0 Å². The number of amides is 1. The second kappa shape index (κ2) is 5.22. The summed E-state index contributed by atoms with van der Waals surface area (Å²) in [6.07, 6.45) is 1.59. The SMILES string of the molecule is CN(Cc1ccc2nsnc2c1)C(=O)c1cc(Cl)c[nH]1. The highest BCUT2D eigenvalue weighted by Gasteiger charge is 2.14. The Bertz CT molecular complexity index is 766. The van der Waals surface area contributed by atoms with Crippen molar-refractivity contribution in [3.05, 3.63) is 46.7 Å². The van der Waals surface area contributed by atoms with Gasteiger partial charge in [0.25, 0.3) is 5.91 Å². The van der Waals surface area contributed by atoms with Gasteiger partial charge < -0.3 is 9.88 Å². The van der Waals surface area contributed by atoms with E-state index < -0.39 is 0 Å². The summed E-state index contributed by atoms with van der Waals surface area (Å²) in [5.41, 5.74) is 3.23. The molecule has 0 radical (unpaired) electrons. The average molecular weight is 307 g/mol. The Balaban J connectivity index is 1.77. The van der Waals surface area contributed by atoms with Crippen LogP contribution in [0, 0.1) is 0 Å². The molecule has 1 N–H and O–H groups in total. The van der Waals surface area contributed by atoms with Crippen LogP contribution in [0.25, 0.3) is 11.0 Å². The lowest BCUT2D eigenvalue weighted by Gasteiger charge is -2.16. The molecule has 0 saturated carbocycles. The molecule has 0 spiro atoms. The van der Waals surface area contributed by atoms with Gasteiger partial charge >= 0.3 is 0 Å². The van der Waals surface area contributed by atoms with Crippen LogP contribution in [0.1, 0.15) is 16.1 Å². The first kappa shape index (κ1) is 13.1. The van der Waals surface area contributed by atoms with Crippen LogP contribution in [0.4, 0.5) is 0 Å². The van der Waals surface area contributed by atoms with Crippen molar-refractivity contribution in [3.8, 4) is 0 Å². The molecule has 0 aliphatic heterocycles. The number of aromatic amines is 1. The minimum absolute atomic E-state index is 0.103. The van der Waals surface area contributed by atoms with E-state index in [9.17, 15) is 4.79 Å². The van der Waals surface area contributed by atoms with E-state index in [4.69, 9.17) is 11.6 Å². The van der Waals surface area contributed by atoms with E-state index >= 15 is 0 Å². The molecule has 0 saturated heterocycles. The predicted molar refractivity (Wildman–Crippen MR) is 79.0 cm³/mol. The van der Waals surface area contributed by atoms with Gasteiger partial charge in [0.15, 0.2) is 0 Å². The van der Waals surface area contributed by atoms with Crippen LogP contribution < -0.4 is 0 Å². The number of hydrogen-bond donors (Lipinski definition) is 1. The fourth-order valence-corrected chi connectivity index (χ4v) is 2.65. The normalized spacial score (nSPS) is 10.9. The molecule has 7 heteroatoms. The molecule has 102 valence electrons. The quantitative estimate of drug-likeness (QED) is 0.809. The van der Waals surface area contributed by atoms with E-state index in [1.54, 1.807) is 24.2 Å². The summed E-state index contributed by atoms with van der Waals surface area (Å²) < 4.78 is 8.35. The lowest BCUT2D eigenvalue weighted by molar-refractivity contribution is 0.0780. The molecule has 20 heavy (non-hydrogen) atoms. The Morgan fingerprint density at radius 1 is 1.35 bits per heavy atom. The van der Waals surface area contributed by atoms with Crippen molar-refractivity contribution in [1.29, 1.82) is 0 Å². The molecule has 0 atom stereocenters. The van der Waals surface area contributed by atoms with E-state index in [-0.39, 0.29) is 5.91 Å². The summed E-state index contributed by atoms with van der Waals surface area (Å²) in [7, 11) is 1.75. The molecule has 0 unspecified atom stereocenters. The minimum atomic E-state index is -0.103. The van der Waals surface area contributed by atoms with Crippen LogP contribution >= 0.6 is 23.3 Å². The number of fused-ring (bicyclic) bond motifs is 1. The standard InChI is InChI=1S/C13H11ClN4OS/c1-18(13(19)12-5-9(14)6-15-12)7-8-2-3-10-11(4-8)17-20-16-10/h2-6,15H,7H2,1H3. The maximum Gasteiger partial charge on any atom is 0.270 e. The number of carbonyl (C=O) groups is 1. The number of hydrogen-bond acceptors (Lipinski definition) is 4. The Morgan fingerprint density at radius 3 is 2.90 bits per heavy atom. The van der Waals surface area contributed by atoms with Crippen molar-refractivity contribution >= 4 is 40.3 Å². The number of halogens is 1. The summed E-state index contributed by atoms with van der Waals surface area (Å²) in [4.78, 5) is 16.7. The van der Waals surface area contributed by atoms with E-state index in [0.29, 0.717) is 17.3 Å². The maximum atomic E-state index is 12.2. The zero-order valence-corrected chi connectivity index (χ0v) is 12.2. The van der Waals surface area contributed by atoms with E-state index in [1.165, 1.54) is 11.7 Å². The Hall–Kier alpha value is -1.92. The molecule has 3 aromatic rings. The van der Waals surface area contributed by atoms with Crippen molar-refractivity contribution < 1.29 is 4.79 Å². The third kappa shape index (κ3) is 2.52. The first-order valence-electron chi connectivity index (χ1n) is 5.94. The first-order chi connectivity index (χ1) is 9.63. The van der Waals surface area contributed by atoms with Crippen molar-refractivity contribution in [2.24, 2.45) is 0 Å². The fraction of sp³-hybridized carbons (Fsp3) is 0.154. The van der Waals surface area contributed by atoms with Gasteiger partial charge in [0.2, 0.25) is 0 Å². The summed E-state index contributed by atoms with van der Waals surface area (Å²) >= 11 is 6.99. The molecule has 1 amide bonds. The van der Waals surface area contributed by atoms with Gasteiger partial charge in [0.1, 0.15) is 16.7 Å². The Morgan fingerprint density at radius 2 is 2.15 bits per heavy atom. The van der Waals surface area contributed by atoms with Crippen LogP contribution in [0.5, 0.6) is 0 Å². The molecular formula is C13H11ClN4OS. The highest BCUT2D eigenvalue weighted by molar-refractivity contribution is 7.00. The van der Waals surface area contributed by atoms with Crippen molar-refractivity contribution in [2.75, 3.05) is 7.05 Å². The summed E-state index contributed by atoms with van der Waals surface area (Å²) in [5.74, 6) is -0.103. The largest absolute Gasteiger partial charge is 0.356 e. The van der Waals surface area contributed by atoms with Crippen LogP contribution in [0.15, 0.2) is 30.5 Å². The third-order valence-electron chi connectivity index (χ3n) is 2.96. The second-order valence-electron chi connectivity index (χ2n) is 4.48. The van der Waals surface area contributed by atoms with E-state index in [0.717, 1.165) is 16.6 Å². The molecule has 5 nitrogen and oxygen atoms in total. The number of benzene rings is 1. The lowest BCUT2D eigenvalue weighted by Crippen LogP contribution is -2.26. The molecule has 0 bridgehead atoms. The third-order valence-corrected chi connectivity index (χ3v) is 3.74. The molecule has 2 aromatic heterocycles. The van der Waals surface area contributed by atoms with Crippen LogP contribution in [-0.2, 0) is 6.54 Å². The molecule has 3 rings (SSSR count). The Kier molecular flexibility index (Phi) is 3.42. The topological polar surface area (TPSA) is 61.9 Å². The predicted octanol–water partition coefficient (Wildman–Crippen LogP) is 2.95. The molecule has 2 heterocycles. The highest BCUT2D eigenvalue weighted by Crippen LogP contribution is 2.16. The van der Waals surface area contributed by atoms with E-state index in [2.05, 4.69) is 13.7 Å². The molecule has 1 aromatic carbocycles. The molecule has 0 fully saturated rings. The summed E-state index contributed by atoms with van der Waals surface area (Å²) in [6, 6.07) is 7.44.